The predicted octanol–water partition coefficient (Wildman–Crippen LogP) is 3.19. The van der Waals surface area contributed by atoms with Crippen molar-refractivity contribution in [2.45, 2.75) is 38.8 Å². The lowest BCUT2D eigenvalue weighted by Gasteiger charge is -2.28. The Morgan fingerprint density at radius 3 is 2.50 bits per heavy atom. The number of rotatable bonds is 2. The van der Waals surface area contributed by atoms with Crippen LogP contribution in [0.15, 0.2) is 35.6 Å². The van der Waals surface area contributed by atoms with Gasteiger partial charge in [-0.1, -0.05) is 26.0 Å². The fraction of sp³-hybridized carbons (Fsp3) is 0.438. The van der Waals surface area contributed by atoms with Crippen LogP contribution in [-0.2, 0) is 9.53 Å². The lowest BCUT2D eigenvalue weighted by Crippen LogP contribution is -2.28. The highest BCUT2D eigenvalue weighted by Crippen LogP contribution is 2.48. The molecule has 116 valence electrons. The van der Waals surface area contributed by atoms with E-state index >= 15 is 0 Å². The van der Waals surface area contributed by atoms with E-state index in [0.29, 0.717) is 29.7 Å². The van der Waals surface area contributed by atoms with Gasteiger partial charge in [-0.2, -0.15) is 0 Å². The summed E-state index contributed by atoms with van der Waals surface area (Å²) in [5, 5.41) is 11.3. The molecule has 2 atom stereocenters. The van der Waals surface area contributed by atoms with E-state index in [9.17, 15) is 19.3 Å². The smallest absolute Gasteiger partial charge is 0.364 e. The molecule has 0 aromatic heterocycles. The van der Waals surface area contributed by atoms with Crippen LogP contribution in [0.3, 0.4) is 0 Å². The van der Waals surface area contributed by atoms with Crippen molar-refractivity contribution in [3.8, 4) is 0 Å². The van der Waals surface area contributed by atoms with Crippen LogP contribution in [0.5, 0.6) is 0 Å². The van der Waals surface area contributed by atoms with E-state index in [0.717, 1.165) is 0 Å². The van der Waals surface area contributed by atoms with Gasteiger partial charge >= 0.3 is 6.23 Å². The molecule has 0 bridgehead atoms. The van der Waals surface area contributed by atoms with Gasteiger partial charge in [0.25, 0.3) is 0 Å². The average Bonchev–Trinajstić information content (AvgIpc) is 2.77. The minimum Gasteiger partial charge on any atom is -0.433 e. The van der Waals surface area contributed by atoms with E-state index in [2.05, 4.69) is 0 Å². The predicted molar refractivity (Wildman–Crippen MR) is 76.1 cm³/mol. The molecule has 1 aromatic carbocycles. The quantitative estimate of drug-likeness (QED) is 0.621. The maximum absolute atomic E-state index is 13.1. The highest BCUT2D eigenvalue weighted by molar-refractivity contribution is 5.99. The second-order valence-corrected chi connectivity index (χ2v) is 6.60. The second-order valence-electron chi connectivity index (χ2n) is 6.60. The number of allylic oxidation sites excluding steroid dienone is 1. The molecule has 1 aliphatic heterocycles. The first-order valence-corrected chi connectivity index (χ1v) is 7.10. The molecule has 1 heterocycles. The second kappa shape index (κ2) is 4.90. The van der Waals surface area contributed by atoms with Crippen LogP contribution in [0.2, 0.25) is 0 Å². The van der Waals surface area contributed by atoms with Gasteiger partial charge in [0.15, 0.2) is 5.78 Å². The summed E-state index contributed by atoms with van der Waals surface area (Å²) in [6.07, 6.45) is -0.499. The third kappa shape index (κ3) is 2.38. The molecule has 0 fully saturated rings. The molecule has 0 amide bonds. The molecule has 1 aliphatic carbocycles. The monoisotopic (exact) mass is 305 g/mol. The summed E-state index contributed by atoms with van der Waals surface area (Å²) in [5.41, 5.74) is 0.642. The first-order valence-electron chi connectivity index (χ1n) is 7.10. The standard InChI is InChI=1S/C16H16FNO4/c1-16(2)7-11(19)14-12(8-16)22-15(18(20)21)13(14)9-3-5-10(17)6-4-9/h3-6,13,15H,7-8H2,1-2H3/t13-,15-/m1/s1. The normalized spacial score (nSPS) is 26.6. The summed E-state index contributed by atoms with van der Waals surface area (Å²) in [6.45, 7) is 3.87. The van der Waals surface area contributed by atoms with Crippen molar-refractivity contribution in [1.29, 1.82) is 0 Å². The molecule has 1 aromatic rings. The molecule has 6 heteroatoms. The summed E-state index contributed by atoms with van der Waals surface area (Å²) < 4.78 is 18.6. The van der Waals surface area contributed by atoms with E-state index < -0.39 is 22.9 Å². The Labute approximate surface area is 126 Å². The van der Waals surface area contributed by atoms with Gasteiger partial charge in [0, 0.05) is 12.8 Å². The van der Waals surface area contributed by atoms with Gasteiger partial charge in [-0.05, 0) is 23.1 Å². The van der Waals surface area contributed by atoms with Crippen LogP contribution in [0.4, 0.5) is 4.39 Å². The van der Waals surface area contributed by atoms with Crippen molar-refractivity contribution in [3.05, 3.63) is 57.1 Å². The fourth-order valence-electron chi connectivity index (χ4n) is 3.25. The molecule has 0 spiro atoms. The molecule has 5 nitrogen and oxygen atoms in total. The molecule has 3 rings (SSSR count). The van der Waals surface area contributed by atoms with E-state index in [1.165, 1.54) is 24.3 Å². The van der Waals surface area contributed by atoms with Gasteiger partial charge in [0.1, 0.15) is 17.5 Å². The third-order valence-corrected chi connectivity index (χ3v) is 4.18. The van der Waals surface area contributed by atoms with E-state index in [-0.39, 0.29) is 11.2 Å². The maximum atomic E-state index is 13.1. The van der Waals surface area contributed by atoms with Crippen molar-refractivity contribution < 1.29 is 18.8 Å². The van der Waals surface area contributed by atoms with Crippen LogP contribution in [0.1, 0.15) is 38.2 Å². The van der Waals surface area contributed by atoms with E-state index in [4.69, 9.17) is 4.74 Å². The molecular formula is C16H16FNO4. The molecule has 0 radical (unpaired) electrons. The number of carbonyl (C=O) groups is 1. The van der Waals surface area contributed by atoms with Crippen molar-refractivity contribution in [2.75, 3.05) is 0 Å². The number of ketones is 1. The fourth-order valence-corrected chi connectivity index (χ4v) is 3.25. The molecule has 22 heavy (non-hydrogen) atoms. The van der Waals surface area contributed by atoms with Crippen LogP contribution in [0, 0.1) is 21.3 Å². The van der Waals surface area contributed by atoms with Gasteiger partial charge < -0.3 is 4.74 Å². The van der Waals surface area contributed by atoms with Crippen LogP contribution >= 0.6 is 0 Å². The van der Waals surface area contributed by atoms with Crippen molar-refractivity contribution in [3.63, 3.8) is 0 Å². The van der Waals surface area contributed by atoms with Crippen LogP contribution in [-0.4, -0.2) is 16.9 Å². The Morgan fingerprint density at radius 1 is 1.27 bits per heavy atom. The summed E-state index contributed by atoms with van der Waals surface area (Å²) in [7, 11) is 0. The lowest BCUT2D eigenvalue weighted by molar-refractivity contribution is -0.570. The number of Topliss-reactive ketones (excluding diaryl/α,β-unsaturated/α-hetero) is 1. The van der Waals surface area contributed by atoms with Gasteiger partial charge in [-0.3, -0.25) is 14.9 Å². The SMILES string of the molecule is CC1(C)CC(=O)C2=C(C1)O[C@@H]([N+](=O)[O-])[C@@H]2c1ccc(F)cc1. The van der Waals surface area contributed by atoms with Gasteiger partial charge in [-0.15, -0.1) is 0 Å². The first kappa shape index (κ1) is 14.7. The minimum atomic E-state index is -1.33. The summed E-state index contributed by atoms with van der Waals surface area (Å²) in [4.78, 5) is 23.3. The molecule has 0 N–H and O–H groups in total. The van der Waals surface area contributed by atoms with E-state index in [1.54, 1.807) is 0 Å². The Balaban J connectivity index is 2.07. The van der Waals surface area contributed by atoms with Crippen molar-refractivity contribution in [2.24, 2.45) is 5.41 Å². The molecule has 0 saturated carbocycles. The highest BCUT2D eigenvalue weighted by Gasteiger charge is 2.51. The zero-order chi connectivity index (χ0) is 16.1. The van der Waals surface area contributed by atoms with Crippen LogP contribution in [0.25, 0.3) is 0 Å². The Hall–Kier alpha value is -2.24. The summed E-state index contributed by atoms with van der Waals surface area (Å²) in [5.74, 6) is -0.901. The first-order chi connectivity index (χ1) is 10.3. The maximum Gasteiger partial charge on any atom is 0.364 e. The lowest BCUT2D eigenvalue weighted by atomic mass is 9.73. The topological polar surface area (TPSA) is 69.4 Å². The molecule has 2 aliphatic rings. The van der Waals surface area contributed by atoms with Crippen LogP contribution < -0.4 is 0 Å². The largest absolute Gasteiger partial charge is 0.433 e. The summed E-state index contributed by atoms with van der Waals surface area (Å²) >= 11 is 0. The number of halogens is 1. The molecule has 0 unspecified atom stereocenters. The van der Waals surface area contributed by atoms with Crippen molar-refractivity contribution >= 4 is 5.78 Å². The van der Waals surface area contributed by atoms with Gasteiger partial charge in [0.2, 0.25) is 0 Å². The third-order valence-electron chi connectivity index (χ3n) is 4.18. The van der Waals surface area contributed by atoms with Gasteiger partial charge in [-0.25, -0.2) is 4.39 Å². The Bertz CT molecular complexity index is 678. The zero-order valence-electron chi connectivity index (χ0n) is 12.3. The number of benzene rings is 1. The zero-order valence-corrected chi connectivity index (χ0v) is 12.3. The average molecular weight is 305 g/mol. The van der Waals surface area contributed by atoms with Crippen molar-refractivity contribution in [1.82, 2.24) is 0 Å². The Morgan fingerprint density at radius 2 is 1.91 bits per heavy atom. The number of carbonyl (C=O) groups excluding carboxylic acids is 1. The van der Waals surface area contributed by atoms with E-state index in [1.807, 2.05) is 13.8 Å². The highest BCUT2D eigenvalue weighted by atomic mass is 19.1. The number of hydrogen-bond acceptors (Lipinski definition) is 4. The Kier molecular flexibility index (Phi) is 3.27. The number of hydrogen-bond donors (Lipinski definition) is 0. The number of ether oxygens (including phenoxy) is 1. The minimum absolute atomic E-state index is 0.120. The summed E-state index contributed by atoms with van der Waals surface area (Å²) in [6, 6.07) is 5.43. The molecular weight excluding hydrogens is 289 g/mol. The number of nitrogens with zero attached hydrogens (tertiary/aromatic N) is 1. The van der Waals surface area contributed by atoms with Gasteiger partial charge in [0.05, 0.1) is 10.5 Å². The molecule has 0 saturated heterocycles. The number of nitro groups is 1.